The minimum absolute atomic E-state index is 0.0508. The molecule has 4 rings (SSSR count). The van der Waals surface area contributed by atoms with Gasteiger partial charge in [0.25, 0.3) is 5.22 Å². The molecule has 0 unspecified atom stereocenters. The standard InChI is InChI=1S/C19H16N4O4S2/c1-25-13-8-6-12(7-9-13)10-26-18-22-23-19(27-18)28-11-16(24)21-17-20-14-4-2-3-5-15(14)29-17/h2-9H,10-11H2,1H3,(H,20,21,24). The van der Waals surface area contributed by atoms with Gasteiger partial charge in [-0.15, -0.1) is 0 Å². The molecule has 0 aliphatic heterocycles. The third-order valence-electron chi connectivity index (χ3n) is 3.78. The Bertz CT molecular complexity index is 1080. The minimum Gasteiger partial charge on any atom is -0.497 e. The molecule has 0 bridgehead atoms. The average Bonchev–Trinajstić information content (AvgIpc) is 3.37. The number of nitrogens with zero attached hydrogens (tertiary/aromatic N) is 3. The second kappa shape index (κ2) is 8.93. The number of aromatic nitrogens is 3. The first kappa shape index (κ1) is 19.2. The number of benzene rings is 2. The molecule has 0 saturated heterocycles. The summed E-state index contributed by atoms with van der Waals surface area (Å²) >= 11 is 2.56. The number of nitrogens with one attached hydrogen (secondary N) is 1. The Morgan fingerprint density at radius 2 is 2.00 bits per heavy atom. The molecule has 4 aromatic rings. The highest BCUT2D eigenvalue weighted by atomic mass is 32.2. The van der Waals surface area contributed by atoms with Gasteiger partial charge in [0.2, 0.25) is 5.91 Å². The Hall–Kier alpha value is -3.11. The summed E-state index contributed by atoms with van der Waals surface area (Å²) in [5.74, 6) is 0.693. The van der Waals surface area contributed by atoms with Gasteiger partial charge in [0.05, 0.1) is 23.1 Å². The maximum absolute atomic E-state index is 12.1. The highest BCUT2D eigenvalue weighted by Crippen LogP contribution is 2.26. The van der Waals surface area contributed by atoms with E-state index in [2.05, 4.69) is 20.5 Å². The molecule has 2 heterocycles. The van der Waals surface area contributed by atoms with Crippen LogP contribution >= 0.6 is 23.1 Å². The van der Waals surface area contributed by atoms with E-state index in [1.54, 1.807) is 7.11 Å². The molecule has 1 amide bonds. The fourth-order valence-corrected chi connectivity index (χ4v) is 3.83. The van der Waals surface area contributed by atoms with Gasteiger partial charge in [-0.1, -0.05) is 57.6 Å². The number of carbonyl (C=O) groups excluding carboxylic acids is 1. The van der Waals surface area contributed by atoms with Crippen LogP contribution in [0, 0.1) is 0 Å². The van der Waals surface area contributed by atoms with E-state index >= 15 is 0 Å². The summed E-state index contributed by atoms with van der Waals surface area (Å²) in [6, 6.07) is 15.2. The van der Waals surface area contributed by atoms with Crippen molar-refractivity contribution in [2.24, 2.45) is 0 Å². The van der Waals surface area contributed by atoms with Crippen molar-refractivity contribution in [1.82, 2.24) is 15.2 Å². The number of para-hydroxylation sites is 1. The summed E-state index contributed by atoms with van der Waals surface area (Å²) in [5, 5.41) is 11.3. The zero-order valence-corrected chi connectivity index (χ0v) is 17.0. The average molecular weight is 428 g/mol. The van der Waals surface area contributed by atoms with Crippen LogP contribution in [0.4, 0.5) is 5.13 Å². The van der Waals surface area contributed by atoms with E-state index in [1.165, 1.54) is 11.3 Å². The Morgan fingerprint density at radius 3 is 2.79 bits per heavy atom. The molecule has 2 aromatic heterocycles. The number of thiazole rings is 1. The van der Waals surface area contributed by atoms with Gasteiger partial charge in [-0.05, 0) is 29.8 Å². The smallest absolute Gasteiger partial charge is 0.415 e. The van der Waals surface area contributed by atoms with E-state index in [0.29, 0.717) is 5.13 Å². The van der Waals surface area contributed by atoms with Crippen molar-refractivity contribution < 1.29 is 18.7 Å². The second-order valence-corrected chi connectivity index (χ2v) is 7.75. The number of amides is 1. The van der Waals surface area contributed by atoms with Crippen LogP contribution < -0.4 is 14.8 Å². The number of fused-ring (bicyclic) bond motifs is 1. The summed E-state index contributed by atoms with van der Waals surface area (Å²) in [4.78, 5) is 16.5. The first-order valence-corrected chi connectivity index (χ1v) is 10.4. The van der Waals surface area contributed by atoms with Gasteiger partial charge < -0.3 is 19.2 Å². The van der Waals surface area contributed by atoms with Crippen molar-refractivity contribution in [1.29, 1.82) is 0 Å². The van der Waals surface area contributed by atoms with Crippen LogP contribution in [0.15, 0.2) is 58.2 Å². The molecule has 0 spiro atoms. The summed E-state index contributed by atoms with van der Waals surface area (Å²) in [7, 11) is 1.61. The largest absolute Gasteiger partial charge is 0.497 e. The van der Waals surface area contributed by atoms with Gasteiger partial charge in [-0.2, -0.15) is 0 Å². The number of ether oxygens (including phenoxy) is 2. The van der Waals surface area contributed by atoms with E-state index in [9.17, 15) is 4.79 Å². The number of thioether (sulfide) groups is 1. The molecule has 0 aliphatic carbocycles. The third-order valence-corrected chi connectivity index (χ3v) is 5.55. The maximum atomic E-state index is 12.1. The molecule has 2 aromatic carbocycles. The van der Waals surface area contributed by atoms with Crippen LogP contribution in [0.3, 0.4) is 0 Å². The van der Waals surface area contributed by atoms with Crippen molar-refractivity contribution in [3.05, 3.63) is 54.1 Å². The highest BCUT2D eigenvalue weighted by Gasteiger charge is 2.12. The first-order valence-electron chi connectivity index (χ1n) is 8.57. The molecule has 0 atom stereocenters. The SMILES string of the molecule is COc1ccc(COc2nnc(SCC(=O)Nc3nc4ccccc4s3)o2)cc1. The van der Waals surface area contributed by atoms with Crippen LogP contribution in [-0.4, -0.2) is 34.0 Å². The predicted molar refractivity (Wildman–Crippen MR) is 111 cm³/mol. The highest BCUT2D eigenvalue weighted by molar-refractivity contribution is 7.99. The Labute approximate surface area is 174 Å². The molecular formula is C19H16N4O4S2. The van der Waals surface area contributed by atoms with Crippen LogP contribution in [0.25, 0.3) is 10.2 Å². The van der Waals surface area contributed by atoms with Crippen molar-refractivity contribution in [2.45, 2.75) is 11.8 Å². The van der Waals surface area contributed by atoms with Crippen LogP contribution in [0.5, 0.6) is 11.8 Å². The van der Waals surface area contributed by atoms with Gasteiger partial charge in [0.15, 0.2) is 5.13 Å². The summed E-state index contributed by atoms with van der Waals surface area (Å²) < 4.78 is 17.0. The Balaban J connectivity index is 1.25. The number of anilines is 1. The van der Waals surface area contributed by atoms with E-state index < -0.39 is 0 Å². The zero-order valence-electron chi connectivity index (χ0n) is 15.3. The summed E-state index contributed by atoms with van der Waals surface area (Å²) in [6.07, 6.45) is 0.0508. The maximum Gasteiger partial charge on any atom is 0.415 e. The number of carbonyl (C=O) groups is 1. The molecule has 0 aliphatic rings. The Morgan fingerprint density at radius 1 is 1.17 bits per heavy atom. The number of hydrogen-bond acceptors (Lipinski definition) is 9. The van der Waals surface area contributed by atoms with E-state index in [4.69, 9.17) is 13.9 Å². The predicted octanol–water partition coefficient (Wildman–Crippen LogP) is 4.00. The summed E-state index contributed by atoms with van der Waals surface area (Å²) in [5.41, 5.74) is 1.80. The lowest BCUT2D eigenvalue weighted by molar-refractivity contribution is -0.113. The topological polar surface area (TPSA) is 99.4 Å². The number of methoxy groups -OCH3 is 1. The lowest BCUT2D eigenvalue weighted by atomic mass is 10.2. The lowest BCUT2D eigenvalue weighted by Gasteiger charge is -2.03. The second-order valence-electron chi connectivity index (χ2n) is 5.79. The van der Waals surface area contributed by atoms with Crippen molar-refractivity contribution in [3.8, 4) is 11.8 Å². The van der Waals surface area contributed by atoms with Gasteiger partial charge >= 0.3 is 6.08 Å². The van der Waals surface area contributed by atoms with Crippen LogP contribution in [0.2, 0.25) is 0 Å². The van der Waals surface area contributed by atoms with Gasteiger partial charge in [-0.25, -0.2) is 4.98 Å². The van der Waals surface area contributed by atoms with Crippen LogP contribution in [0.1, 0.15) is 5.56 Å². The monoisotopic (exact) mass is 428 g/mol. The van der Waals surface area contributed by atoms with E-state index in [-0.39, 0.29) is 29.6 Å². The van der Waals surface area contributed by atoms with Crippen molar-refractivity contribution in [2.75, 3.05) is 18.2 Å². The molecular weight excluding hydrogens is 412 g/mol. The fourth-order valence-electron chi connectivity index (χ4n) is 2.39. The van der Waals surface area contributed by atoms with Crippen molar-refractivity contribution >= 4 is 44.4 Å². The van der Waals surface area contributed by atoms with E-state index in [1.807, 2.05) is 48.5 Å². The molecule has 0 fully saturated rings. The fraction of sp³-hybridized carbons (Fsp3) is 0.158. The number of hydrogen-bond donors (Lipinski definition) is 1. The quantitative estimate of drug-likeness (QED) is 0.421. The molecule has 148 valence electrons. The molecule has 0 saturated carbocycles. The Kier molecular flexibility index (Phi) is 5.92. The molecule has 10 heteroatoms. The minimum atomic E-state index is -0.201. The zero-order chi connectivity index (χ0) is 20.1. The third kappa shape index (κ3) is 5.04. The van der Waals surface area contributed by atoms with Gasteiger partial charge in [-0.3, -0.25) is 4.79 Å². The first-order chi connectivity index (χ1) is 14.2. The van der Waals surface area contributed by atoms with Gasteiger partial charge in [0.1, 0.15) is 12.4 Å². The molecule has 1 N–H and O–H groups in total. The molecule has 8 nitrogen and oxygen atoms in total. The normalized spacial score (nSPS) is 10.8. The number of rotatable bonds is 8. The van der Waals surface area contributed by atoms with Crippen molar-refractivity contribution in [3.63, 3.8) is 0 Å². The van der Waals surface area contributed by atoms with Gasteiger partial charge in [0, 0.05) is 0 Å². The molecule has 0 radical (unpaired) electrons. The van der Waals surface area contributed by atoms with E-state index in [0.717, 1.165) is 33.3 Å². The van der Waals surface area contributed by atoms with Crippen LogP contribution in [-0.2, 0) is 11.4 Å². The lowest BCUT2D eigenvalue weighted by Crippen LogP contribution is -2.13. The summed E-state index contributed by atoms with van der Waals surface area (Å²) in [6.45, 7) is 0.286. The molecule has 29 heavy (non-hydrogen) atoms.